The third-order valence-corrected chi connectivity index (χ3v) is 5.61. The van der Waals surface area contributed by atoms with E-state index in [1.54, 1.807) is 0 Å². The summed E-state index contributed by atoms with van der Waals surface area (Å²) < 4.78 is 5.35. The van der Waals surface area contributed by atoms with Gasteiger partial charge in [-0.15, -0.1) is 0 Å². The second-order valence-corrected chi connectivity index (χ2v) is 7.49. The normalized spacial score (nSPS) is 26.2. The van der Waals surface area contributed by atoms with Crippen molar-refractivity contribution in [1.29, 1.82) is 0 Å². The molecule has 25 heavy (non-hydrogen) atoms. The van der Waals surface area contributed by atoms with E-state index in [1.807, 2.05) is 4.90 Å². The van der Waals surface area contributed by atoms with Gasteiger partial charge in [-0.1, -0.05) is 0 Å². The van der Waals surface area contributed by atoms with Gasteiger partial charge in [-0.2, -0.15) is 0 Å². The highest BCUT2D eigenvalue weighted by Crippen LogP contribution is 2.18. The van der Waals surface area contributed by atoms with Crippen molar-refractivity contribution in [3.63, 3.8) is 0 Å². The number of hydrogen-bond donors (Lipinski definition) is 2. The van der Waals surface area contributed by atoms with Gasteiger partial charge < -0.3 is 20.3 Å². The molecule has 1 unspecified atom stereocenters. The lowest BCUT2D eigenvalue weighted by Gasteiger charge is -2.28. The summed E-state index contributed by atoms with van der Waals surface area (Å²) in [5.41, 5.74) is 0. The number of morpholine rings is 1. The summed E-state index contributed by atoms with van der Waals surface area (Å²) in [6.07, 6.45) is 4.34. The summed E-state index contributed by atoms with van der Waals surface area (Å²) in [7, 11) is 0. The number of carbonyl (C=O) groups is 2. The average Bonchev–Trinajstić information content (AvgIpc) is 2.99. The van der Waals surface area contributed by atoms with Crippen molar-refractivity contribution in [2.24, 2.45) is 5.92 Å². The molecule has 142 valence electrons. The minimum atomic E-state index is -0.0160. The van der Waals surface area contributed by atoms with E-state index in [2.05, 4.69) is 15.5 Å². The highest BCUT2D eigenvalue weighted by atomic mass is 16.5. The molecule has 0 bridgehead atoms. The van der Waals surface area contributed by atoms with Crippen molar-refractivity contribution < 1.29 is 14.3 Å². The maximum Gasteiger partial charge on any atom is 0.224 e. The molecule has 0 radical (unpaired) electrons. The molecule has 3 rings (SSSR count). The molecular weight excluding hydrogens is 320 g/mol. The van der Waals surface area contributed by atoms with Crippen molar-refractivity contribution in [1.82, 2.24) is 20.4 Å². The zero-order valence-corrected chi connectivity index (χ0v) is 15.2. The van der Waals surface area contributed by atoms with Crippen LogP contribution in [0.5, 0.6) is 0 Å². The van der Waals surface area contributed by atoms with E-state index >= 15 is 0 Å². The monoisotopic (exact) mass is 352 g/mol. The summed E-state index contributed by atoms with van der Waals surface area (Å²) in [4.78, 5) is 28.6. The molecule has 3 heterocycles. The maximum atomic E-state index is 12.2. The molecule has 0 aromatic carbocycles. The van der Waals surface area contributed by atoms with E-state index in [-0.39, 0.29) is 17.9 Å². The number of carbonyl (C=O) groups excluding carboxylic acids is 2. The first-order valence-corrected chi connectivity index (χ1v) is 9.78. The average molecular weight is 352 g/mol. The highest BCUT2D eigenvalue weighted by molar-refractivity contribution is 5.82. The SMILES string of the molecule is O=C(CCC1CCNCC1)NC1CC(=O)N(CCN2CCOCC2)C1. The fraction of sp³-hybridized carbons (Fsp3) is 0.889. The molecule has 3 aliphatic heterocycles. The molecule has 3 fully saturated rings. The Morgan fingerprint density at radius 1 is 1.20 bits per heavy atom. The molecule has 0 aliphatic carbocycles. The molecule has 0 saturated carbocycles. The second kappa shape index (κ2) is 9.50. The zero-order valence-electron chi connectivity index (χ0n) is 15.2. The largest absolute Gasteiger partial charge is 0.379 e. The van der Waals surface area contributed by atoms with E-state index in [1.165, 1.54) is 12.8 Å². The number of rotatable bonds is 7. The van der Waals surface area contributed by atoms with Crippen LogP contribution >= 0.6 is 0 Å². The van der Waals surface area contributed by atoms with Crippen LogP contribution in [-0.2, 0) is 14.3 Å². The molecule has 3 aliphatic rings. The first-order valence-electron chi connectivity index (χ1n) is 9.78. The smallest absolute Gasteiger partial charge is 0.224 e. The van der Waals surface area contributed by atoms with Crippen LogP contribution in [-0.4, -0.2) is 86.7 Å². The van der Waals surface area contributed by atoms with Crippen LogP contribution in [0.1, 0.15) is 32.1 Å². The minimum absolute atomic E-state index is 0.0160. The van der Waals surface area contributed by atoms with Crippen molar-refractivity contribution in [2.75, 3.05) is 59.0 Å². The molecule has 3 saturated heterocycles. The van der Waals surface area contributed by atoms with Crippen molar-refractivity contribution in [2.45, 2.75) is 38.1 Å². The second-order valence-electron chi connectivity index (χ2n) is 7.49. The van der Waals surface area contributed by atoms with Gasteiger partial charge in [0.1, 0.15) is 0 Å². The van der Waals surface area contributed by atoms with E-state index in [9.17, 15) is 9.59 Å². The van der Waals surface area contributed by atoms with Gasteiger partial charge in [-0.05, 0) is 38.3 Å². The van der Waals surface area contributed by atoms with Gasteiger partial charge in [0.25, 0.3) is 0 Å². The Bertz CT molecular complexity index is 448. The number of nitrogens with zero attached hydrogens (tertiary/aromatic N) is 2. The Morgan fingerprint density at radius 2 is 1.96 bits per heavy atom. The number of nitrogens with one attached hydrogen (secondary N) is 2. The van der Waals surface area contributed by atoms with Crippen LogP contribution in [0.25, 0.3) is 0 Å². The van der Waals surface area contributed by atoms with Crippen molar-refractivity contribution in [3.8, 4) is 0 Å². The first-order chi connectivity index (χ1) is 12.2. The van der Waals surface area contributed by atoms with Crippen LogP contribution in [0.2, 0.25) is 0 Å². The Labute approximate surface area is 150 Å². The standard InChI is InChI=1S/C18H32N4O3/c23-17(2-1-15-3-5-19-6-4-15)20-16-13-18(24)22(14-16)8-7-21-9-11-25-12-10-21/h15-16,19H,1-14H2,(H,20,23). The van der Waals surface area contributed by atoms with Crippen molar-refractivity contribution in [3.05, 3.63) is 0 Å². The summed E-state index contributed by atoms with van der Waals surface area (Å²) in [6.45, 7) is 7.89. The fourth-order valence-corrected chi connectivity index (χ4v) is 3.98. The molecule has 0 spiro atoms. The van der Waals surface area contributed by atoms with Crippen LogP contribution in [0.3, 0.4) is 0 Å². The Hall–Kier alpha value is -1.18. The van der Waals surface area contributed by atoms with Crippen LogP contribution in [0, 0.1) is 5.92 Å². The first kappa shape index (κ1) is 18.6. The number of hydrogen-bond acceptors (Lipinski definition) is 5. The van der Waals surface area contributed by atoms with Crippen LogP contribution in [0.4, 0.5) is 0 Å². The minimum Gasteiger partial charge on any atom is -0.379 e. The quantitative estimate of drug-likeness (QED) is 0.665. The lowest BCUT2D eigenvalue weighted by Crippen LogP contribution is -2.42. The van der Waals surface area contributed by atoms with Crippen LogP contribution in [0.15, 0.2) is 0 Å². The van der Waals surface area contributed by atoms with Gasteiger partial charge >= 0.3 is 0 Å². The lowest BCUT2D eigenvalue weighted by atomic mass is 9.93. The third-order valence-electron chi connectivity index (χ3n) is 5.61. The maximum absolute atomic E-state index is 12.2. The van der Waals surface area contributed by atoms with Crippen molar-refractivity contribution >= 4 is 11.8 Å². The Morgan fingerprint density at radius 3 is 2.72 bits per heavy atom. The molecule has 1 atom stereocenters. The summed E-state index contributed by atoms with van der Waals surface area (Å²) in [5.74, 6) is 0.936. The Kier molecular flexibility index (Phi) is 7.07. The third kappa shape index (κ3) is 5.94. The molecular formula is C18H32N4O3. The van der Waals surface area contributed by atoms with E-state index in [0.717, 1.165) is 58.9 Å². The number of ether oxygens (including phenoxy) is 1. The number of likely N-dealkylation sites (tertiary alicyclic amines) is 1. The van der Waals surface area contributed by atoms with Gasteiger partial charge in [0, 0.05) is 45.6 Å². The van der Waals surface area contributed by atoms with Gasteiger partial charge in [0.2, 0.25) is 11.8 Å². The van der Waals surface area contributed by atoms with E-state index in [4.69, 9.17) is 4.74 Å². The van der Waals surface area contributed by atoms with Gasteiger partial charge in [-0.3, -0.25) is 14.5 Å². The molecule has 7 nitrogen and oxygen atoms in total. The van der Waals surface area contributed by atoms with Crippen LogP contribution < -0.4 is 10.6 Å². The van der Waals surface area contributed by atoms with Gasteiger partial charge in [0.15, 0.2) is 0 Å². The molecule has 0 aromatic heterocycles. The van der Waals surface area contributed by atoms with Gasteiger partial charge in [0.05, 0.1) is 19.3 Å². The lowest BCUT2D eigenvalue weighted by molar-refractivity contribution is -0.128. The zero-order chi connectivity index (χ0) is 17.5. The highest BCUT2D eigenvalue weighted by Gasteiger charge is 2.30. The Balaban J connectivity index is 1.33. The summed E-state index contributed by atoms with van der Waals surface area (Å²) in [5, 5.41) is 6.42. The van der Waals surface area contributed by atoms with E-state index < -0.39 is 0 Å². The van der Waals surface area contributed by atoms with Gasteiger partial charge in [-0.25, -0.2) is 0 Å². The molecule has 2 amide bonds. The molecule has 7 heteroatoms. The molecule has 0 aromatic rings. The fourth-order valence-electron chi connectivity index (χ4n) is 3.98. The topological polar surface area (TPSA) is 73.9 Å². The summed E-state index contributed by atoms with van der Waals surface area (Å²) >= 11 is 0. The summed E-state index contributed by atoms with van der Waals surface area (Å²) in [6, 6.07) is -0.0160. The predicted octanol–water partition coefficient (Wildman–Crippen LogP) is -0.184. The molecule has 2 N–H and O–H groups in total. The predicted molar refractivity (Wildman–Crippen MR) is 95.2 cm³/mol. The number of piperidine rings is 1. The number of amides is 2. The van der Waals surface area contributed by atoms with E-state index in [0.29, 0.717) is 25.3 Å².